The van der Waals surface area contributed by atoms with Crippen LogP contribution in [0.15, 0.2) is 6.20 Å². The minimum absolute atomic E-state index is 0.230. The molecule has 6 heteroatoms. The van der Waals surface area contributed by atoms with E-state index in [1.807, 2.05) is 18.5 Å². The third-order valence-electron chi connectivity index (χ3n) is 3.48. The number of aromatic nitrogens is 4. The Balaban J connectivity index is 2.42. The fourth-order valence-electron chi connectivity index (χ4n) is 2.37. The van der Waals surface area contributed by atoms with E-state index >= 15 is 0 Å². The molecule has 2 aromatic rings. The molecule has 0 fully saturated rings. The molecule has 0 unspecified atom stereocenters. The van der Waals surface area contributed by atoms with Crippen LogP contribution in [-0.4, -0.2) is 30.6 Å². The number of nitrogens with zero attached hydrogens (tertiary/aromatic N) is 4. The Labute approximate surface area is 111 Å². The highest BCUT2D eigenvalue weighted by Crippen LogP contribution is 2.16. The minimum atomic E-state index is -0.958. The average Bonchev–Trinajstić information content (AvgIpc) is 2.82. The number of hydrogen-bond acceptors (Lipinski definition) is 3. The van der Waals surface area contributed by atoms with Gasteiger partial charge < -0.3 is 5.11 Å². The summed E-state index contributed by atoms with van der Waals surface area (Å²) in [6.07, 6.45) is 2.30. The number of carboxylic acids is 1. The van der Waals surface area contributed by atoms with Gasteiger partial charge in [0.05, 0.1) is 24.1 Å². The van der Waals surface area contributed by atoms with Crippen molar-refractivity contribution in [3.05, 3.63) is 34.4 Å². The molecule has 2 rings (SSSR count). The van der Waals surface area contributed by atoms with Crippen molar-refractivity contribution in [1.82, 2.24) is 19.6 Å². The fourth-order valence-corrected chi connectivity index (χ4v) is 2.37. The predicted octanol–water partition coefficient (Wildman–Crippen LogP) is 1.54. The van der Waals surface area contributed by atoms with Crippen molar-refractivity contribution in [3.63, 3.8) is 0 Å². The third-order valence-corrected chi connectivity index (χ3v) is 3.48. The van der Waals surface area contributed by atoms with Crippen LogP contribution in [0.2, 0.25) is 0 Å². The van der Waals surface area contributed by atoms with Crippen LogP contribution in [0.5, 0.6) is 0 Å². The molecule has 0 aliphatic heterocycles. The third kappa shape index (κ3) is 2.25. The summed E-state index contributed by atoms with van der Waals surface area (Å²) < 4.78 is 3.43. The second kappa shape index (κ2) is 4.87. The Bertz CT molecular complexity index is 625. The first-order chi connectivity index (χ1) is 8.95. The zero-order chi connectivity index (χ0) is 14.2. The van der Waals surface area contributed by atoms with Gasteiger partial charge in [-0.15, -0.1) is 0 Å². The summed E-state index contributed by atoms with van der Waals surface area (Å²) in [5, 5.41) is 17.6. The van der Waals surface area contributed by atoms with Crippen LogP contribution >= 0.6 is 0 Å². The number of aryl methyl sites for hydroxylation is 2. The zero-order valence-electron chi connectivity index (χ0n) is 11.6. The van der Waals surface area contributed by atoms with Crippen LogP contribution in [-0.2, 0) is 20.0 Å². The van der Waals surface area contributed by atoms with E-state index in [1.165, 1.54) is 11.8 Å². The molecular formula is C13H18N4O2. The topological polar surface area (TPSA) is 72.9 Å². The molecule has 0 spiro atoms. The second-order valence-corrected chi connectivity index (χ2v) is 4.59. The Hall–Kier alpha value is -2.11. The lowest BCUT2D eigenvalue weighted by molar-refractivity contribution is 0.0695. The van der Waals surface area contributed by atoms with Crippen molar-refractivity contribution in [2.24, 2.45) is 7.05 Å². The van der Waals surface area contributed by atoms with Crippen molar-refractivity contribution >= 4 is 5.97 Å². The normalized spacial score (nSPS) is 10.9. The van der Waals surface area contributed by atoms with E-state index in [0.717, 1.165) is 17.8 Å². The van der Waals surface area contributed by atoms with Gasteiger partial charge in [-0.3, -0.25) is 9.36 Å². The van der Waals surface area contributed by atoms with Crippen molar-refractivity contribution < 1.29 is 9.90 Å². The van der Waals surface area contributed by atoms with Crippen LogP contribution in [0.3, 0.4) is 0 Å². The summed E-state index contributed by atoms with van der Waals surface area (Å²) in [6.45, 7) is 6.50. The number of aromatic carboxylic acids is 1. The van der Waals surface area contributed by atoms with Gasteiger partial charge in [-0.25, -0.2) is 4.79 Å². The van der Waals surface area contributed by atoms with E-state index in [0.29, 0.717) is 12.2 Å². The summed E-state index contributed by atoms with van der Waals surface area (Å²) in [4.78, 5) is 11.2. The summed E-state index contributed by atoms with van der Waals surface area (Å²) in [6, 6.07) is 0. The molecule has 0 aromatic carbocycles. The van der Waals surface area contributed by atoms with Crippen molar-refractivity contribution in [3.8, 4) is 0 Å². The smallest absolute Gasteiger partial charge is 0.339 e. The van der Waals surface area contributed by atoms with Gasteiger partial charge in [-0.05, 0) is 25.8 Å². The van der Waals surface area contributed by atoms with Crippen molar-refractivity contribution in [2.45, 2.75) is 33.7 Å². The number of hydrogen-bond donors (Lipinski definition) is 1. The monoisotopic (exact) mass is 262 g/mol. The van der Waals surface area contributed by atoms with Gasteiger partial charge in [0.25, 0.3) is 0 Å². The number of rotatable bonds is 4. The molecule has 1 N–H and O–H groups in total. The SMILES string of the molecule is CCc1c(C)nn(Cc2c(C(=O)O)cnn2C)c1C. The summed E-state index contributed by atoms with van der Waals surface area (Å²) in [5.41, 5.74) is 4.18. The second-order valence-electron chi connectivity index (χ2n) is 4.59. The largest absolute Gasteiger partial charge is 0.478 e. The highest BCUT2D eigenvalue weighted by atomic mass is 16.4. The van der Waals surface area contributed by atoms with E-state index < -0.39 is 5.97 Å². The maximum absolute atomic E-state index is 11.2. The first-order valence-electron chi connectivity index (χ1n) is 6.22. The van der Waals surface area contributed by atoms with Crippen LogP contribution < -0.4 is 0 Å². The Morgan fingerprint density at radius 1 is 1.42 bits per heavy atom. The van der Waals surface area contributed by atoms with Crippen molar-refractivity contribution in [1.29, 1.82) is 0 Å². The molecule has 102 valence electrons. The maximum atomic E-state index is 11.2. The molecule has 2 heterocycles. The molecule has 0 aliphatic carbocycles. The van der Waals surface area contributed by atoms with Gasteiger partial charge in [0.1, 0.15) is 5.56 Å². The quantitative estimate of drug-likeness (QED) is 0.907. The molecule has 0 amide bonds. The molecule has 0 radical (unpaired) electrons. The van der Waals surface area contributed by atoms with Gasteiger partial charge >= 0.3 is 5.97 Å². The number of carboxylic acid groups (broad SMARTS) is 1. The Morgan fingerprint density at radius 3 is 2.63 bits per heavy atom. The Morgan fingerprint density at radius 2 is 2.11 bits per heavy atom. The van der Waals surface area contributed by atoms with E-state index in [4.69, 9.17) is 5.11 Å². The van der Waals surface area contributed by atoms with Crippen LogP contribution in [0, 0.1) is 13.8 Å². The van der Waals surface area contributed by atoms with E-state index in [2.05, 4.69) is 17.1 Å². The molecule has 19 heavy (non-hydrogen) atoms. The Kier molecular flexibility index (Phi) is 3.42. The fraction of sp³-hybridized carbons (Fsp3) is 0.462. The molecular weight excluding hydrogens is 244 g/mol. The lowest BCUT2D eigenvalue weighted by atomic mass is 10.1. The molecule has 6 nitrogen and oxygen atoms in total. The van der Waals surface area contributed by atoms with Crippen molar-refractivity contribution in [2.75, 3.05) is 0 Å². The molecule has 0 saturated heterocycles. The van der Waals surface area contributed by atoms with Gasteiger partial charge in [-0.2, -0.15) is 10.2 Å². The molecule has 2 aromatic heterocycles. The predicted molar refractivity (Wildman–Crippen MR) is 70.3 cm³/mol. The minimum Gasteiger partial charge on any atom is -0.478 e. The maximum Gasteiger partial charge on any atom is 0.339 e. The lowest BCUT2D eigenvalue weighted by Gasteiger charge is -2.07. The van der Waals surface area contributed by atoms with Gasteiger partial charge in [0.15, 0.2) is 0 Å². The average molecular weight is 262 g/mol. The number of carbonyl (C=O) groups is 1. The lowest BCUT2D eigenvalue weighted by Crippen LogP contribution is -2.12. The van der Waals surface area contributed by atoms with Crippen LogP contribution in [0.25, 0.3) is 0 Å². The van der Waals surface area contributed by atoms with Crippen LogP contribution in [0.1, 0.15) is 39.9 Å². The molecule has 0 saturated carbocycles. The summed E-state index contributed by atoms with van der Waals surface area (Å²) in [7, 11) is 1.74. The first kappa shape index (κ1) is 13.3. The van der Waals surface area contributed by atoms with Gasteiger partial charge in [-0.1, -0.05) is 6.92 Å². The summed E-state index contributed by atoms with van der Waals surface area (Å²) >= 11 is 0. The first-order valence-corrected chi connectivity index (χ1v) is 6.22. The molecule has 0 atom stereocenters. The molecule has 0 bridgehead atoms. The van der Waals surface area contributed by atoms with Gasteiger partial charge in [0.2, 0.25) is 0 Å². The summed E-state index contributed by atoms with van der Waals surface area (Å²) in [5.74, 6) is -0.958. The standard InChI is InChI=1S/C13H18N4O2/c1-5-10-8(2)15-17(9(10)3)7-12-11(13(18)19)6-14-16(12)4/h6H,5,7H2,1-4H3,(H,18,19). The highest BCUT2D eigenvalue weighted by molar-refractivity contribution is 5.88. The zero-order valence-corrected chi connectivity index (χ0v) is 11.6. The van der Waals surface area contributed by atoms with E-state index in [-0.39, 0.29) is 5.56 Å². The van der Waals surface area contributed by atoms with Gasteiger partial charge in [0, 0.05) is 12.7 Å². The highest BCUT2D eigenvalue weighted by Gasteiger charge is 2.17. The van der Waals surface area contributed by atoms with Crippen LogP contribution in [0.4, 0.5) is 0 Å². The van der Waals surface area contributed by atoms with E-state index in [9.17, 15) is 4.79 Å². The van der Waals surface area contributed by atoms with E-state index in [1.54, 1.807) is 11.7 Å². The molecule has 0 aliphatic rings.